The molecule has 0 saturated heterocycles. The maximum absolute atomic E-state index is 12.3. The van der Waals surface area contributed by atoms with Crippen LogP contribution in [0.15, 0.2) is 53.4 Å². The van der Waals surface area contributed by atoms with Gasteiger partial charge in [0.2, 0.25) is 5.91 Å². The van der Waals surface area contributed by atoms with Gasteiger partial charge in [0.05, 0.1) is 16.7 Å². The molecule has 1 saturated carbocycles. The van der Waals surface area contributed by atoms with Crippen molar-refractivity contribution >= 4 is 21.4 Å². The quantitative estimate of drug-likeness (QED) is 0.470. The van der Waals surface area contributed by atoms with Crippen LogP contribution in [0.1, 0.15) is 32.1 Å². The van der Waals surface area contributed by atoms with E-state index >= 15 is 0 Å². The molecule has 0 aromatic heterocycles. The van der Waals surface area contributed by atoms with E-state index in [2.05, 4.69) is 5.32 Å². The Kier molecular flexibility index (Phi) is 7.47. The number of amides is 1. The van der Waals surface area contributed by atoms with Crippen LogP contribution in [0.5, 0.6) is 11.5 Å². The minimum absolute atomic E-state index is 0.219. The van der Waals surface area contributed by atoms with Crippen molar-refractivity contribution in [3.8, 4) is 11.5 Å². The lowest BCUT2D eigenvalue weighted by Gasteiger charge is -2.12. The number of benzene rings is 2. The molecule has 7 nitrogen and oxygen atoms in total. The Bertz CT molecular complexity index is 939. The second-order valence-corrected chi connectivity index (χ2v) is 9.74. The highest BCUT2D eigenvalue weighted by atomic mass is 32.2. The second-order valence-electron chi connectivity index (χ2n) is 7.70. The van der Waals surface area contributed by atoms with Crippen molar-refractivity contribution in [1.82, 2.24) is 0 Å². The maximum Gasteiger partial charge on any atom is 0.241 e. The molecule has 0 heterocycles. The molecule has 0 radical (unpaired) electrons. The maximum atomic E-state index is 12.3. The number of hydrogen-bond acceptors (Lipinski definition) is 6. The Morgan fingerprint density at radius 3 is 2.20 bits per heavy atom. The number of rotatable bonds is 11. The zero-order valence-corrected chi connectivity index (χ0v) is 17.7. The van der Waals surface area contributed by atoms with Crippen LogP contribution in [-0.4, -0.2) is 32.7 Å². The van der Waals surface area contributed by atoms with Crippen LogP contribution in [0.4, 0.5) is 5.69 Å². The van der Waals surface area contributed by atoms with Crippen LogP contribution >= 0.6 is 0 Å². The van der Waals surface area contributed by atoms with Gasteiger partial charge in [-0.15, -0.1) is 0 Å². The zero-order valence-electron chi connectivity index (χ0n) is 16.9. The summed E-state index contributed by atoms with van der Waals surface area (Å²) in [5.74, 6) is 1.42. The lowest BCUT2D eigenvalue weighted by Crippen LogP contribution is -2.35. The van der Waals surface area contributed by atoms with Crippen LogP contribution in [0.2, 0.25) is 0 Å². The van der Waals surface area contributed by atoms with Crippen LogP contribution in [0, 0.1) is 5.92 Å². The van der Waals surface area contributed by atoms with Gasteiger partial charge in [0.15, 0.2) is 9.84 Å². The smallest absolute Gasteiger partial charge is 0.241 e. The molecule has 8 heteroatoms. The van der Waals surface area contributed by atoms with Crippen molar-refractivity contribution in [1.29, 1.82) is 0 Å². The van der Waals surface area contributed by atoms with Gasteiger partial charge in [0.1, 0.15) is 11.5 Å². The third kappa shape index (κ3) is 6.55. The van der Waals surface area contributed by atoms with Gasteiger partial charge in [0, 0.05) is 5.69 Å². The third-order valence-corrected chi connectivity index (χ3v) is 6.90. The SMILES string of the molecule is NCCCCC(N)C(=O)Nc1ccc(Oc2ccc(S(=O)(=O)CC3CC3)cc2)cc1. The van der Waals surface area contributed by atoms with Crippen molar-refractivity contribution in [3.63, 3.8) is 0 Å². The van der Waals surface area contributed by atoms with E-state index in [1.165, 1.54) is 0 Å². The van der Waals surface area contributed by atoms with Crippen LogP contribution < -0.4 is 21.5 Å². The first-order chi connectivity index (χ1) is 14.4. The Morgan fingerprint density at radius 2 is 1.63 bits per heavy atom. The number of unbranched alkanes of at least 4 members (excludes halogenated alkanes) is 1. The van der Waals surface area contributed by atoms with Crippen LogP contribution in [-0.2, 0) is 14.6 Å². The monoisotopic (exact) mass is 431 g/mol. The summed E-state index contributed by atoms with van der Waals surface area (Å²) in [6.07, 6.45) is 4.25. The van der Waals surface area contributed by atoms with E-state index in [1.54, 1.807) is 48.5 Å². The average molecular weight is 432 g/mol. The first kappa shape index (κ1) is 22.3. The lowest BCUT2D eigenvalue weighted by molar-refractivity contribution is -0.117. The Hall–Kier alpha value is -2.42. The Labute approximate surface area is 177 Å². The molecule has 0 spiro atoms. The van der Waals surface area contributed by atoms with Gasteiger partial charge in [0.25, 0.3) is 0 Å². The Morgan fingerprint density at radius 1 is 1.03 bits per heavy atom. The van der Waals surface area contributed by atoms with E-state index < -0.39 is 15.9 Å². The number of sulfone groups is 1. The predicted molar refractivity (Wildman–Crippen MR) is 117 cm³/mol. The first-order valence-corrected chi connectivity index (χ1v) is 11.9. The summed E-state index contributed by atoms with van der Waals surface area (Å²) in [4.78, 5) is 12.4. The summed E-state index contributed by atoms with van der Waals surface area (Å²) >= 11 is 0. The fourth-order valence-corrected chi connectivity index (χ4v) is 4.72. The molecular weight excluding hydrogens is 402 g/mol. The molecule has 2 aromatic rings. The fraction of sp³-hybridized carbons (Fsp3) is 0.409. The average Bonchev–Trinajstić information content (AvgIpc) is 3.53. The molecule has 0 aliphatic heterocycles. The number of carbonyl (C=O) groups excluding carboxylic acids is 1. The van der Waals surface area contributed by atoms with Gasteiger partial charge in [-0.1, -0.05) is 6.42 Å². The molecular formula is C22H29N3O4S. The number of nitrogens with one attached hydrogen (secondary N) is 1. The van der Waals surface area contributed by atoms with Gasteiger partial charge in [-0.3, -0.25) is 4.79 Å². The molecule has 5 N–H and O–H groups in total. The van der Waals surface area contributed by atoms with E-state index in [0.29, 0.717) is 41.0 Å². The summed E-state index contributed by atoms with van der Waals surface area (Å²) in [5, 5.41) is 2.79. The van der Waals surface area contributed by atoms with E-state index in [4.69, 9.17) is 16.2 Å². The van der Waals surface area contributed by atoms with Crippen molar-refractivity contribution in [2.75, 3.05) is 17.6 Å². The first-order valence-electron chi connectivity index (χ1n) is 10.2. The van der Waals surface area contributed by atoms with Gasteiger partial charge < -0.3 is 21.5 Å². The molecule has 30 heavy (non-hydrogen) atoms. The fourth-order valence-electron chi connectivity index (χ4n) is 3.02. The molecule has 1 aliphatic carbocycles. The normalized spacial score (nSPS) is 14.9. The van der Waals surface area contributed by atoms with Gasteiger partial charge in [-0.25, -0.2) is 8.42 Å². The van der Waals surface area contributed by atoms with Crippen molar-refractivity contribution in [2.24, 2.45) is 17.4 Å². The molecule has 1 amide bonds. The van der Waals surface area contributed by atoms with E-state index in [0.717, 1.165) is 25.7 Å². The predicted octanol–water partition coefficient (Wildman–Crippen LogP) is 3.06. The summed E-state index contributed by atoms with van der Waals surface area (Å²) in [6.45, 7) is 0.592. The number of hydrogen-bond donors (Lipinski definition) is 3. The summed E-state index contributed by atoms with van der Waals surface area (Å²) in [6, 6.07) is 12.8. The number of ether oxygens (including phenoxy) is 1. The number of anilines is 1. The van der Waals surface area contributed by atoms with Crippen molar-refractivity contribution < 1.29 is 17.9 Å². The molecule has 3 rings (SSSR count). The number of carbonyl (C=O) groups is 1. The minimum Gasteiger partial charge on any atom is -0.457 e. The molecule has 2 aromatic carbocycles. The highest BCUT2D eigenvalue weighted by Crippen LogP contribution is 2.33. The lowest BCUT2D eigenvalue weighted by atomic mass is 10.1. The van der Waals surface area contributed by atoms with Gasteiger partial charge >= 0.3 is 0 Å². The summed E-state index contributed by atoms with van der Waals surface area (Å²) in [7, 11) is -3.23. The van der Waals surface area contributed by atoms with Crippen LogP contribution in [0.25, 0.3) is 0 Å². The minimum atomic E-state index is -3.23. The van der Waals surface area contributed by atoms with Crippen LogP contribution in [0.3, 0.4) is 0 Å². The number of nitrogens with two attached hydrogens (primary N) is 2. The summed E-state index contributed by atoms with van der Waals surface area (Å²) in [5.41, 5.74) is 12.0. The van der Waals surface area contributed by atoms with Gasteiger partial charge in [-0.05, 0) is 86.7 Å². The zero-order chi connectivity index (χ0) is 21.6. The topological polar surface area (TPSA) is 125 Å². The van der Waals surface area contributed by atoms with Gasteiger partial charge in [-0.2, -0.15) is 0 Å². The third-order valence-electron chi connectivity index (χ3n) is 5.00. The molecule has 1 fully saturated rings. The standard InChI is InChI=1S/C22H29N3O4S/c23-14-2-1-3-21(24)22(26)25-17-6-8-18(9-7-17)29-19-10-12-20(13-11-19)30(27,28)15-16-4-5-16/h6-13,16,21H,1-5,14-15,23-24H2,(H,25,26). The van der Waals surface area contributed by atoms with E-state index in [9.17, 15) is 13.2 Å². The summed E-state index contributed by atoms with van der Waals surface area (Å²) < 4.78 is 30.4. The second kappa shape index (κ2) is 10.1. The largest absolute Gasteiger partial charge is 0.457 e. The Balaban J connectivity index is 1.53. The highest BCUT2D eigenvalue weighted by molar-refractivity contribution is 7.91. The van der Waals surface area contributed by atoms with Crippen molar-refractivity contribution in [3.05, 3.63) is 48.5 Å². The molecule has 1 unspecified atom stereocenters. The molecule has 1 aliphatic rings. The molecule has 162 valence electrons. The van der Waals surface area contributed by atoms with E-state index in [-0.39, 0.29) is 11.7 Å². The van der Waals surface area contributed by atoms with Crippen molar-refractivity contribution in [2.45, 2.75) is 43.0 Å². The van der Waals surface area contributed by atoms with E-state index in [1.807, 2.05) is 0 Å². The molecule has 0 bridgehead atoms. The molecule has 1 atom stereocenters. The highest BCUT2D eigenvalue weighted by Gasteiger charge is 2.29.